The van der Waals surface area contributed by atoms with Crippen molar-refractivity contribution in [1.82, 2.24) is 10.2 Å². The van der Waals surface area contributed by atoms with Crippen LogP contribution in [0.5, 0.6) is 0 Å². The number of rotatable bonds is 3. The zero-order valence-corrected chi connectivity index (χ0v) is 12.6. The van der Waals surface area contributed by atoms with Gasteiger partial charge in [0.2, 0.25) is 0 Å². The molecule has 0 saturated carbocycles. The first-order chi connectivity index (χ1) is 9.81. The number of benzene rings is 1. The van der Waals surface area contributed by atoms with Gasteiger partial charge in [-0.2, -0.15) is 0 Å². The largest absolute Gasteiger partial charge is 0.379 e. The van der Waals surface area contributed by atoms with Crippen molar-refractivity contribution in [3.8, 4) is 0 Å². The molecule has 2 atom stereocenters. The normalized spacial score (nSPS) is 28.4. The van der Waals surface area contributed by atoms with Crippen LogP contribution < -0.4 is 5.32 Å². The van der Waals surface area contributed by atoms with Crippen LogP contribution in [-0.4, -0.2) is 49.8 Å². The van der Waals surface area contributed by atoms with Crippen molar-refractivity contribution in [3.63, 3.8) is 0 Å². The van der Waals surface area contributed by atoms with Gasteiger partial charge >= 0.3 is 0 Å². The second-order valence-electron chi connectivity index (χ2n) is 5.82. The zero-order valence-electron chi connectivity index (χ0n) is 11.9. The fourth-order valence-electron chi connectivity index (χ4n) is 3.23. The first-order valence-electron chi connectivity index (χ1n) is 7.61. The van der Waals surface area contributed by atoms with Crippen LogP contribution >= 0.6 is 11.6 Å². The van der Waals surface area contributed by atoms with E-state index in [1.54, 1.807) is 0 Å². The number of piperidine rings is 1. The molecule has 2 fully saturated rings. The maximum atomic E-state index is 5.93. The SMILES string of the molecule is Clc1ccc(C[C@H]2CC[C@@H](N3CCOCC3)CN2)cc1. The van der Waals surface area contributed by atoms with Crippen molar-refractivity contribution < 1.29 is 4.74 Å². The van der Waals surface area contributed by atoms with Crippen molar-refractivity contribution in [2.45, 2.75) is 31.3 Å². The predicted molar refractivity (Wildman–Crippen MR) is 82.4 cm³/mol. The minimum atomic E-state index is 0.605. The molecule has 0 bridgehead atoms. The molecule has 0 radical (unpaired) electrons. The Morgan fingerprint density at radius 3 is 2.55 bits per heavy atom. The Bertz CT molecular complexity index is 409. The average Bonchev–Trinajstić information content (AvgIpc) is 2.51. The van der Waals surface area contributed by atoms with E-state index in [-0.39, 0.29) is 0 Å². The molecule has 4 heteroatoms. The van der Waals surface area contributed by atoms with E-state index in [9.17, 15) is 0 Å². The minimum Gasteiger partial charge on any atom is -0.379 e. The Hall–Kier alpha value is -0.610. The van der Waals surface area contributed by atoms with Crippen molar-refractivity contribution in [1.29, 1.82) is 0 Å². The van der Waals surface area contributed by atoms with Crippen LogP contribution in [0.15, 0.2) is 24.3 Å². The summed E-state index contributed by atoms with van der Waals surface area (Å²) in [4.78, 5) is 2.58. The number of hydrogen-bond acceptors (Lipinski definition) is 3. The van der Waals surface area contributed by atoms with Crippen molar-refractivity contribution in [2.75, 3.05) is 32.8 Å². The molecule has 1 aromatic carbocycles. The predicted octanol–water partition coefficient (Wildman–Crippen LogP) is 2.34. The third kappa shape index (κ3) is 3.73. The summed E-state index contributed by atoms with van der Waals surface area (Å²) in [6, 6.07) is 9.54. The molecular weight excluding hydrogens is 272 g/mol. The summed E-state index contributed by atoms with van der Waals surface area (Å²) in [6.07, 6.45) is 3.66. The van der Waals surface area contributed by atoms with Gasteiger partial charge in [-0.05, 0) is 37.0 Å². The zero-order chi connectivity index (χ0) is 13.8. The van der Waals surface area contributed by atoms with E-state index < -0.39 is 0 Å². The van der Waals surface area contributed by atoms with Gasteiger partial charge < -0.3 is 10.1 Å². The molecule has 0 amide bonds. The Balaban J connectivity index is 1.47. The van der Waals surface area contributed by atoms with E-state index in [0.29, 0.717) is 12.1 Å². The molecule has 2 heterocycles. The monoisotopic (exact) mass is 294 g/mol. The Morgan fingerprint density at radius 2 is 1.90 bits per heavy atom. The molecule has 110 valence electrons. The number of nitrogens with zero attached hydrogens (tertiary/aromatic N) is 1. The lowest BCUT2D eigenvalue weighted by Crippen LogP contribution is -2.53. The van der Waals surface area contributed by atoms with Crippen LogP contribution in [0.3, 0.4) is 0 Å². The maximum absolute atomic E-state index is 5.93. The third-order valence-electron chi connectivity index (χ3n) is 4.45. The highest BCUT2D eigenvalue weighted by Crippen LogP contribution is 2.19. The van der Waals surface area contributed by atoms with Gasteiger partial charge in [0.1, 0.15) is 0 Å². The molecule has 2 aliphatic rings. The second kappa shape index (κ2) is 6.90. The van der Waals surface area contributed by atoms with E-state index in [1.165, 1.54) is 18.4 Å². The fourth-order valence-corrected chi connectivity index (χ4v) is 3.36. The maximum Gasteiger partial charge on any atom is 0.0594 e. The number of halogens is 1. The topological polar surface area (TPSA) is 24.5 Å². The molecule has 20 heavy (non-hydrogen) atoms. The van der Waals surface area contributed by atoms with E-state index >= 15 is 0 Å². The Labute approximate surface area is 126 Å². The molecule has 0 spiro atoms. The van der Waals surface area contributed by atoms with Crippen molar-refractivity contribution in [3.05, 3.63) is 34.9 Å². The van der Waals surface area contributed by atoms with Gasteiger partial charge in [0, 0.05) is 36.7 Å². The van der Waals surface area contributed by atoms with E-state index in [2.05, 4.69) is 22.3 Å². The van der Waals surface area contributed by atoms with E-state index in [4.69, 9.17) is 16.3 Å². The lowest BCUT2D eigenvalue weighted by atomic mass is 9.94. The van der Waals surface area contributed by atoms with E-state index in [0.717, 1.165) is 44.3 Å². The Morgan fingerprint density at radius 1 is 1.15 bits per heavy atom. The molecule has 0 unspecified atom stereocenters. The average molecular weight is 295 g/mol. The fraction of sp³-hybridized carbons (Fsp3) is 0.625. The number of morpholine rings is 1. The third-order valence-corrected chi connectivity index (χ3v) is 4.70. The second-order valence-corrected chi connectivity index (χ2v) is 6.25. The van der Waals surface area contributed by atoms with Gasteiger partial charge in [-0.1, -0.05) is 23.7 Å². The lowest BCUT2D eigenvalue weighted by Gasteiger charge is -2.39. The summed E-state index contributed by atoms with van der Waals surface area (Å²) in [7, 11) is 0. The van der Waals surface area contributed by atoms with Crippen LogP contribution in [0.1, 0.15) is 18.4 Å². The summed E-state index contributed by atoms with van der Waals surface area (Å²) >= 11 is 5.93. The van der Waals surface area contributed by atoms with Crippen LogP contribution in [0.2, 0.25) is 5.02 Å². The van der Waals surface area contributed by atoms with Gasteiger partial charge in [-0.3, -0.25) is 4.90 Å². The van der Waals surface area contributed by atoms with Crippen molar-refractivity contribution in [2.24, 2.45) is 0 Å². The van der Waals surface area contributed by atoms with Crippen LogP contribution in [0.25, 0.3) is 0 Å². The highest BCUT2D eigenvalue weighted by atomic mass is 35.5. The molecule has 0 aromatic heterocycles. The highest BCUT2D eigenvalue weighted by molar-refractivity contribution is 6.30. The number of nitrogens with one attached hydrogen (secondary N) is 1. The molecular formula is C16H23ClN2O. The van der Waals surface area contributed by atoms with Gasteiger partial charge in [0.15, 0.2) is 0 Å². The Kier molecular flexibility index (Phi) is 4.94. The van der Waals surface area contributed by atoms with Crippen LogP contribution in [-0.2, 0) is 11.2 Å². The minimum absolute atomic E-state index is 0.605. The summed E-state index contributed by atoms with van der Waals surface area (Å²) < 4.78 is 5.43. The van der Waals surface area contributed by atoms with Crippen molar-refractivity contribution >= 4 is 11.6 Å². The van der Waals surface area contributed by atoms with Gasteiger partial charge in [0.05, 0.1) is 13.2 Å². The van der Waals surface area contributed by atoms with Crippen LogP contribution in [0.4, 0.5) is 0 Å². The summed E-state index contributed by atoms with van der Waals surface area (Å²) in [6.45, 7) is 5.08. The summed E-state index contributed by atoms with van der Waals surface area (Å²) in [5.74, 6) is 0. The standard InChI is InChI=1S/C16H23ClN2O/c17-14-3-1-13(2-4-14)11-15-5-6-16(12-18-15)19-7-9-20-10-8-19/h1-4,15-16,18H,5-12H2/t15-,16-/m1/s1. The smallest absolute Gasteiger partial charge is 0.0594 e. The van der Waals surface area contributed by atoms with Gasteiger partial charge in [-0.25, -0.2) is 0 Å². The van der Waals surface area contributed by atoms with Crippen LogP contribution in [0, 0.1) is 0 Å². The first kappa shape index (κ1) is 14.3. The molecule has 0 aliphatic carbocycles. The highest BCUT2D eigenvalue weighted by Gasteiger charge is 2.26. The van der Waals surface area contributed by atoms with Gasteiger partial charge in [-0.15, -0.1) is 0 Å². The molecule has 2 aliphatic heterocycles. The molecule has 3 rings (SSSR count). The van der Waals surface area contributed by atoms with Gasteiger partial charge in [0.25, 0.3) is 0 Å². The molecule has 2 saturated heterocycles. The lowest BCUT2D eigenvalue weighted by molar-refractivity contribution is 0.00918. The molecule has 1 aromatic rings. The summed E-state index contributed by atoms with van der Waals surface area (Å²) in [5.41, 5.74) is 1.37. The molecule has 1 N–H and O–H groups in total. The van der Waals surface area contributed by atoms with E-state index in [1.807, 2.05) is 12.1 Å². The quantitative estimate of drug-likeness (QED) is 0.926. The first-order valence-corrected chi connectivity index (χ1v) is 7.99. The number of ether oxygens (including phenoxy) is 1. The summed E-state index contributed by atoms with van der Waals surface area (Å²) in [5, 5.41) is 4.53. The number of hydrogen-bond donors (Lipinski definition) is 1. The molecule has 3 nitrogen and oxygen atoms in total.